The zero-order chi connectivity index (χ0) is 13.2. The molecule has 0 aliphatic carbocycles. The monoisotopic (exact) mass is 249 g/mol. The van der Waals surface area contributed by atoms with Gasteiger partial charge in [0, 0.05) is 13.3 Å². The fraction of sp³-hybridized carbons (Fsp3) is 0.778. The van der Waals surface area contributed by atoms with Crippen molar-refractivity contribution in [3.63, 3.8) is 0 Å². The number of hydrogen-bond donors (Lipinski definition) is 5. The van der Waals surface area contributed by atoms with Gasteiger partial charge in [-0.3, -0.25) is 4.79 Å². The second-order valence-corrected chi connectivity index (χ2v) is 3.93. The first-order valence-corrected chi connectivity index (χ1v) is 5.00. The van der Waals surface area contributed by atoms with Crippen molar-refractivity contribution in [1.82, 2.24) is 5.32 Å². The summed E-state index contributed by atoms with van der Waals surface area (Å²) in [6.45, 7) is 0.566. The lowest BCUT2D eigenvalue weighted by molar-refractivity contribution is -0.280. The summed E-state index contributed by atoms with van der Waals surface area (Å²) in [5, 5.41) is 39.3. The number of carbonyl (C=O) groups excluding carboxylic acids is 1. The number of nitrogens with one attached hydrogen (secondary N) is 1. The van der Waals surface area contributed by atoms with Gasteiger partial charge >= 0.3 is 5.97 Å². The third-order valence-corrected chi connectivity index (χ3v) is 2.53. The van der Waals surface area contributed by atoms with E-state index in [4.69, 9.17) is 14.9 Å². The maximum atomic E-state index is 10.9. The van der Waals surface area contributed by atoms with Gasteiger partial charge in [0.15, 0.2) is 0 Å². The molecule has 1 fully saturated rings. The Hall–Kier alpha value is -1.22. The lowest BCUT2D eigenvalue weighted by atomic mass is 9.93. The van der Waals surface area contributed by atoms with Gasteiger partial charge in [-0.2, -0.15) is 0 Å². The Morgan fingerprint density at radius 3 is 2.53 bits per heavy atom. The highest BCUT2D eigenvalue weighted by molar-refractivity contribution is 5.76. The minimum Gasteiger partial charge on any atom is -0.477 e. The average molecular weight is 249 g/mol. The molecule has 98 valence electrons. The fourth-order valence-electron chi connectivity index (χ4n) is 1.74. The number of carboxylic acids is 1. The number of ether oxygens (including phenoxy) is 1. The van der Waals surface area contributed by atoms with Crippen LogP contribution in [0, 0.1) is 0 Å². The van der Waals surface area contributed by atoms with Crippen LogP contribution in [-0.2, 0) is 14.3 Å². The van der Waals surface area contributed by atoms with Crippen molar-refractivity contribution in [2.45, 2.75) is 37.4 Å². The first-order valence-electron chi connectivity index (χ1n) is 5.00. The number of carbonyl (C=O) groups is 2. The van der Waals surface area contributed by atoms with Gasteiger partial charge in [-0.1, -0.05) is 0 Å². The molecule has 0 bridgehead atoms. The normalized spacial score (nSPS) is 37.5. The summed E-state index contributed by atoms with van der Waals surface area (Å²) in [5.41, 5.74) is 0. The Morgan fingerprint density at radius 1 is 1.53 bits per heavy atom. The molecule has 17 heavy (non-hydrogen) atoms. The van der Waals surface area contributed by atoms with E-state index in [0.29, 0.717) is 0 Å². The average Bonchev–Trinajstić information content (AvgIpc) is 2.21. The zero-order valence-corrected chi connectivity index (χ0v) is 9.16. The van der Waals surface area contributed by atoms with E-state index in [2.05, 4.69) is 5.32 Å². The van der Waals surface area contributed by atoms with Gasteiger partial charge in [0.25, 0.3) is 5.79 Å². The molecule has 0 saturated carbocycles. The second kappa shape index (κ2) is 4.96. The van der Waals surface area contributed by atoms with Crippen LogP contribution in [0.25, 0.3) is 0 Å². The Morgan fingerprint density at radius 2 is 2.12 bits per heavy atom. The van der Waals surface area contributed by atoms with Crippen LogP contribution in [0.4, 0.5) is 0 Å². The van der Waals surface area contributed by atoms with Gasteiger partial charge in [0.05, 0.1) is 18.8 Å². The number of aliphatic carboxylic acids is 1. The summed E-state index contributed by atoms with van der Waals surface area (Å²) >= 11 is 0. The topological polar surface area (TPSA) is 136 Å². The molecular formula is C9H15NO7. The SMILES string of the molecule is CC(=O)N[C@H]1[C@H](CO)O[C@@](O)(C(=O)O)C[C@@H]1O. The summed E-state index contributed by atoms with van der Waals surface area (Å²) in [4.78, 5) is 21.6. The van der Waals surface area contributed by atoms with Crippen molar-refractivity contribution >= 4 is 11.9 Å². The minimum atomic E-state index is -2.55. The summed E-state index contributed by atoms with van der Waals surface area (Å²) in [6.07, 6.45) is -3.11. The van der Waals surface area contributed by atoms with Crippen LogP contribution in [0.2, 0.25) is 0 Å². The molecule has 1 amide bonds. The van der Waals surface area contributed by atoms with Crippen molar-refractivity contribution in [1.29, 1.82) is 0 Å². The number of aliphatic hydroxyl groups excluding tert-OH is 2. The molecule has 8 nitrogen and oxygen atoms in total. The molecule has 1 rings (SSSR count). The van der Waals surface area contributed by atoms with E-state index < -0.39 is 48.9 Å². The van der Waals surface area contributed by atoms with Crippen molar-refractivity contribution in [3.8, 4) is 0 Å². The minimum absolute atomic E-state index is 0.461. The Bertz CT molecular complexity index is 320. The van der Waals surface area contributed by atoms with Gasteiger partial charge in [0.2, 0.25) is 5.91 Å². The van der Waals surface area contributed by atoms with Crippen LogP contribution in [-0.4, -0.2) is 62.9 Å². The fourth-order valence-corrected chi connectivity index (χ4v) is 1.74. The molecule has 4 atom stereocenters. The van der Waals surface area contributed by atoms with E-state index in [1.807, 2.05) is 0 Å². The Labute approximate surface area is 96.8 Å². The molecule has 8 heteroatoms. The van der Waals surface area contributed by atoms with E-state index in [1.165, 1.54) is 6.92 Å². The lowest BCUT2D eigenvalue weighted by Crippen LogP contribution is -2.63. The largest absolute Gasteiger partial charge is 0.477 e. The molecule has 0 aromatic carbocycles. The molecule has 0 radical (unpaired) electrons. The number of rotatable bonds is 3. The zero-order valence-electron chi connectivity index (χ0n) is 9.16. The molecule has 1 aliphatic heterocycles. The molecule has 0 aromatic rings. The van der Waals surface area contributed by atoms with Crippen molar-refractivity contribution < 1.29 is 34.8 Å². The molecule has 1 saturated heterocycles. The summed E-state index contributed by atoms with van der Waals surface area (Å²) < 4.78 is 4.80. The maximum Gasteiger partial charge on any atom is 0.364 e. The van der Waals surface area contributed by atoms with E-state index in [1.54, 1.807) is 0 Å². The van der Waals surface area contributed by atoms with Crippen molar-refractivity contribution in [2.24, 2.45) is 0 Å². The molecule has 0 spiro atoms. The summed E-state index contributed by atoms with van der Waals surface area (Å²) in [6, 6.07) is -0.961. The maximum absolute atomic E-state index is 10.9. The van der Waals surface area contributed by atoms with Crippen LogP contribution in [0.5, 0.6) is 0 Å². The standard InChI is InChI=1S/C9H15NO7/c1-4(12)10-7-5(13)2-9(16,8(14)15)17-6(7)3-11/h5-7,11,13,16H,2-3H2,1H3,(H,10,12)(H,14,15)/t5-,6-,7+,9+/m0/s1. The van der Waals surface area contributed by atoms with Crippen LogP contribution < -0.4 is 5.32 Å². The van der Waals surface area contributed by atoms with Gasteiger partial charge in [-0.05, 0) is 0 Å². The van der Waals surface area contributed by atoms with Crippen LogP contribution in [0.3, 0.4) is 0 Å². The third kappa shape index (κ3) is 2.91. The van der Waals surface area contributed by atoms with Crippen LogP contribution in [0.15, 0.2) is 0 Å². The first-order chi connectivity index (χ1) is 7.80. The third-order valence-electron chi connectivity index (χ3n) is 2.53. The number of aliphatic hydroxyl groups is 3. The van der Waals surface area contributed by atoms with Crippen LogP contribution >= 0.6 is 0 Å². The number of carboxylic acid groups (broad SMARTS) is 1. The summed E-state index contributed by atoms with van der Waals surface area (Å²) in [5.74, 6) is -4.67. The number of amides is 1. The Kier molecular flexibility index (Phi) is 4.04. The molecular weight excluding hydrogens is 234 g/mol. The Balaban J connectivity index is 2.86. The van der Waals surface area contributed by atoms with E-state index in [9.17, 15) is 19.8 Å². The molecule has 1 aliphatic rings. The first kappa shape index (κ1) is 13.8. The number of hydrogen-bond acceptors (Lipinski definition) is 6. The van der Waals surface area contributed by atoms with E-state index >= 15 is 0 Å². The van der Waals surface area contributed by atoms with Crippen molar-refractivity contribution in [3.05, 3.63) is 0 Å². The highest BCUT2D eigenvalue weighted by atomic mass is 16.7. The second-order valence-electron chi connectivity index (χ2n) is 3.93. The quantitative estimate of drug-likeness (QED) is 0.370. The van der Waals surface area contributed by atoms with E-state index in [0.717, 1.165) is 0 Å². The highest BCUT2D eigenvalue weighted by Gasteiger charge is 2.50. The lowest BCUT2D eigenvalue weighted by Gasteiger charge is -2.41. The van der Waals surface area contributed by atoms with Gasteiger partial charge in [-0.15, -0.1) is 0 Å². The highest BCUT2D eigenvalue weighted by Crippen LogP contribution is 2.27. The molecule has 0 aromatic heterocycles. The van der Waals surface area contributed by atoms with Gasteiger partial charge in [0.1, 0.15) is 6.10 Å². The summed E-state index contributed by atoms with van der Waals surface area (Å²) in [7, 11) is 0. The van der Waals surface area contributed by atoms with Crippen LogP contribution in [0.1, 0.15) is 13.3 Å². The van der Waals surface area contributed by atoms with E-state index in [-0.39, 0.29) is 0 Å². The smallest absolute Gasteiger partial charge is 0.364 e. The predicted octanol–water partition coefficient (Wildman–Crippen LogP) is -2.59. The predicted molar refractivity (Wildman–Crippen MR) is 52.8 cm³/mol. The molecule has 0 unspecified atom stereocenters. The van der Waals surface area contributed by atoms with Gasteiger partial charge < -0.3 is 30.5 Å². The molecule has 1 heterocycles. The molecule has 5 N–H and O–H groups in total. The van der Waals surface area contributed by atoms with Crippen molar-refractivity contribution in [2.75, 3.05) is 6.61 Å². The van der Waals surface area contributed by atoms with Gasteiger partial charge in [-0.25, -0.2) is 4.79 Å².